The van der Waals surface area contributed by atoms with Crippen molar-refractivity contribution < 1.29 is 14.6 Å². The van der Waals surface area contributed by atoms with Gasteiger partial charge in [0.2, 0.25) is 0 Å². The number of carboxylic acids is 1. The zero-order valence-corrected chi connectivity index (χ0v) is 11.0. The highest BCUT2D eigenvalue weighted by atomic mass is 16.5. The van der Waals surface area contributed by atoms with Crippen LogP contribution in [0.3, 0.4) is 0 Å². The van der Waals surface area contributed by atoms with Gasteiger partial charge in [-0.1, -0.05) is 0 Å². The molecule has 100 valence electrons. The summed E-state index contributed by atoms with van der Waals surface area (Å²) in [6, 6.07) is 5.41. The summed E-state index contributed by atoms with van der Waals surface area (Å²) in [6.07, 6.45) is 0. The zero-order chi connectivity index (χ0) is 14.0. The van der Waals surface area contributed by atoms with Crippen LogP contribution in [-0.2, 0) is 4.79 Å². The van der Waals surface area contributed by atoms with Crippen LogP contribution in [0.1, 0.15) is 5.69 Å². The van der Waals surface area contributed by atoms with Crippen molar-refractivity contribution in [2.75, 3.05) is 25.6 Å². The smallest absolute Gasteiger partial charge is 0.323 e. The Labute approximate surface area is 110 Å². The van der Waals surface area contributed by atoms with E-state index in [0.29, 0.717) is 22.8 Å². The van der Waals surface area contributed by atoms with E-state index >= 15 is 0 Å². The molecule has 0 radical (unpaired) electrons. The fraction of sp³-hybridized carbons (Fsp3) is 0.308. The highest BCUT2D eigenvalue weighted by molar-refractivity contribution is 5.79. The van der Waals surface area contributed by atoms with Crippen molar-refractivity contribution in [3.63, 3.8) is 0 Å². The SMILES string of the molecule is COc1ccc2nc(N(C)CC(=O)O)c(C)nc2c1. The number of methoxy groups -OCH3 is 1. The topological polar surface area (TPSA) is 75.5 Å². The Bertz CT molecular complexity index is 628. The van der Waals surface area contributed by atoms with E-state index in [2.05, 4.69) is 9.97 Å². The lowest BCUT2D eigenvalue weighted by molar-refractivity contribution is -0.135. The molecule has 2 rings (SSSR count). The lowest BCUT2D eigenvalue weighted by Gasteiger charge is -2.17. The molecule has 0 aliphatic heterocycles. The van der Waals surface area contributed by atoms with Gasteiger partial charge in [0, 0.05) is 13.1 Å². The van der Waals surface area contributed by atoms with Gasteiger partial charge in [-0.2, -0.15) is 0 Å². The number of hydrogen-bond donors (Lipinski definition) is 1. The molecule has 0 bridgehead atoms. The number of nitrogens with zero attached hydrogens (tertiary/aromatic N) is 3. The predicted octanol–water partition coefficient (Wildman–Crippen LogP) is 1.47. The van der Waals surface area contributed by atoms with Crippen LogP contribution in [-0.4, -0.2) is 41.7 Å². The third kappa shape index (κ3) is 2.73. The maximum atomic E-state index is 10.7. The summed E-state index contributed by atoms with van der Waals surface area (Å²) in [5, 5.41) is 8.81. The monoisotopic (exact) mass is 261 g/mol. The van der Waals surface area contributed by atoms with Crippen LogP contribution in [0.15, 0.2) is 18.2 Å². The molecule has 2 aromatic rings. The van der Waals surface area contributed by atoms with Crippen molar-refractivity contribution in [2.45, 2.75) is 6.92 Å². The van der Waals surface area contributed by atoms with Crippen molar-refractivity contribution in [1.29, 1.82) is 0 Å². The molecule has 0 atom stereocenters. The van der Waals surface area contributed by atoms with Crippen LogP contribution in [0.2, 0.25) is 0 Å². The van der Waals surface area contributed by atoms with Gasteiger partial charge in [0.1, 0.15) is 12.3 Å². The number of rotatable bonds is 4. The first-order valence-corrected chi connectivity index (χ1v) is 5.76. The summed E-state index contributed by atoms with van der Waals surface area (Å²) in [4.78, 5) is 21.2. The molecule has 1 aromatic heterocycles. The molecule has 1 heterocycles. The quantitative estimate of drug-likeness (QED) is 0.898. The molecule has 0 amide bonds. The minimum absolute atomic E-state index is 0.114. The third-order valence-electron chi connectivity index (χ3n) is 2.75. The van der Waals surface area contributed by atoms with Crippen molar-refractivity contribution in [1.82, 2.24) is 9.97 Å². The number of carbonyl (C=O) groups is 1. The number of carboxylic acid groups (broad SMARTS) is 1. The van der Waals surface area contributed by atoms with E-state index < -0.39 is 5.97 Å². The first-order valence-electron chi connectivity index (χ1n) is 5.76. The van der Waals surface area contributed by atoms with Gasteiger partial charge >= 0.3 is 5.97 Å². The summed E-state index contributed by atoms with van der Waals surface area (Å²) < 4.78 is 5.14. The number of aryl methyl sites for hydroxylation is 1. The maximum Gasteiger partial charge on any atom is 0.323 e. The van der Waals surface area contributed by atoms with Gasteiger partial charge in [0.15, 0.2) is 5.82 Å². The van der Waals surface area contributed by atoms with E-state index in [1.807, 2.05) is 0 Å². The Hall–Kier alpha value is -2.37. The molecule has 6 heteroatoms. The number of hydrogen-bond acceptors (Lipinski definition) is 5. The average molecular weight is 261 g/mol. The molecule has 0 spiro atoms. The number of ether oxygens (including phenoxy) is 1. The van der Waals surface area contributed by atoms with Gasteiger partial charge in [-0.25, -0.2) is 9.97 Å². The van der Waals surface area contributed by atoms with Crippen LogP contribution in [0.25, 0.3) is 11.0 Å². The lowest BCUT2D eigenvalue weighted by atomic mass is 10.2. The highest BCUT2D eigenvalue weighted by Crippen LogP contribution is 2.22. The fourth-order valence-corrected chi connectivity index (χ4v) is 1.88. The molecule has 0 saturated heterocycles. The molecule has 6 nitrogen and oxygen atoms in total. The molecule has 0 aliphatic rings. The molecular weight excluding hydrogens is 246 g/mol. The molecule has 19 heavy (non-hydrogen) atoms. The molecular formula is C13H15N3O3. The summed E-state index contributed by atoms with van der Waals surface area (Å²) in [7, 11) is 3.27. The van der Waals surface area contributed by atoms with E-state index in [4.69, 9.17) is 9.84 Å². The Morgan fingerprint density at radius 3 is 2.74 bits per heavy atom. The summed E-state index contributed by atoms with van der Waals surface area (Å²) in [5.74, 6) is 0.381. The van der Waals surface area contributed by atoms with E-state index in [0.717, 1.165) is 5.52 Å². The zero-order valence-electron chi connectivity index (χ0n) is 11.0. The molecule has 1 aromatic carbocycles. The fourth-order valence-electron chi connectivity index (χ4n) is 1.88. The number of likely N-dealkylation sites (N-methyl/N-ethyl adjacent to an activating group) is 1. The van der Waals surface area contributed by atoms with Crippen LogP contribution in [0.4, 0.5) is 5.82 Å². The first-order chi connectivity index (χ1) is 9.01. The van der Waals surface area contributed by atoms with Gasteiger partial charge in [-0.15, -0.1) is 0 Å². The van der Waals surface area contributed by atoms with Gasteiger partial charge in [0.25, 0.3) is 0 Å². The van der Waals surface area contributed by atoms with Crippen LogP contribution < -0.4 is 9.64 Å². The Morgan fingerprint density at radius 2 is 2.11 bits per heavy atom. The largest absolute Gasteiger partial charge is 0.497 e. The van der Waals surface area contributed by atoms with Crippen LogP contribution >= 0.6 is 0 Å². The predicted molar refractivity (Wildman–Crippen MR) is 71.7 cm³/mol. The minimum Gasteiger partial charge on any atom is -0.497 e. The van der Waals surface area contributed by atoms with E-state index in [1.165, 1.54) is 0 Å². The van der Waals surface area contributed by atoms with Crippen molar-refractivity contribution in [2.24, 2.45) is 0 Å². The second-order valence-corrected chi connectivity index (χ2v) is 4.24. The Balaban J connectivity index is 2.47. The van der Waals surface area contributed by atoms with E-state index in [1.54, 1.807) is 44.2 Å². The van der Waals surface area contributed by atoms with Crippen LogP contribution in [0.5, 0.6) is 5.75 Å². The van der Waals surface area contributed by atoms with E-state index in [9.17, 15) is 4.79 Å². The average Bonchev–Trinajstić information content (AvgIpc) is 2.36. The minimum atomic E-state index is -0.904. The van der Waals surface area contributed by atoms with Crippen molar-refractivity contribution in [3.05, 3.63) is 23.9 Å². The summed E-state index contributed by atoms with van der Waals surface area (Å²) >= 11 is 0. The third-order valence-corrected chi connectivity index (χ3v) is 2.75. The first kappa shape index (κ1) is 13.1. The van der Waals surface area contributed by atoms with Gasteiger partial charge in [-0.3, -0.25) is 4.79 Å². The van der Waals surface area contributed by atoms with Crippen LogP contribution in [0, 0.1) is 6.92 Å². The Morgan fingerprint density at radius 1 is 1.37 bits per heavy atom. The summed E-state index contributed by atoms with van der Waals surface area (Å²) in [5.41, 5.74) is 2.12. The molecule has 0 fully saturated rings. The number of aliphatic carboxylic acids is 1. The number of fused-ring (bicyclic) bond motifs is 1. The lowest BCUT2D eigenvalue weighted by Crippen LogP contribution is -2.27. The number of anilines is 1. The van der Waals surface area contributed by atoms with Gasteiger partial charge in [0.05, 0.1) is 23.8 Å². The normalized spacial score (nSPS) is 10.5. The second-order valence-electron chi connectivity index (χ2n) is 4.24. The van der Waals surface area contributed by atoms with Crippen molar-refractivity contribution in [3.8, 4) is 5.75 Å². The maximum absolute atomic E-state index is 10.7. The number of benzene rings is 1. The van der Waals surface area contributed by atoms with Gasteiger partial charge in [-0.05, 0) is 19.1 Å². The molecule has 0 aliphatic carbocycles. The molecule has 0 saturated carbocycles. The highest BCUT2D eigenvalue weighted by Gasteiger charge is 2.12. The molecule has 0 unspecified atom stereocenters. The standard InChI is InChI=1S/C13H15N3O3/c1-8-13(16(2)7-12(17)18)15-10-5-4-9(19-3)6-11(10)14-8/h4-6H,7H2,1-3H3,(H,17,18). The van der Waals surface area contributed by atoms with E-state index in [-0.39, 0.29) is 6.54 Å². The Kier molecular flexibility index (Phi) is 3.50. The summed E-state index contributed by atoms with van der Waals surface area (Å²) in [6.45, 7) is 1.69. The molecule has 1 N–H and O–H groups in total. The second kappa shape index (κ2) is 5.09. The van der Waals surface area contributed by atoms with Crippen molar-refractivity contribution >= 4 is 22.8 Å². The number of aromatic nitrogens is 2. The van der Waals surface area contributed by atoms with Gasteiger partial charge < -0.3 is 14.7 Å².